The molecule has 0 atom stereocenters. The van der Waals surface area contributed by atoms with Gasteiger partial charge in [-0.05, 0) is 12.8 Å². The topological polar surface area (TPSA) is 49.7 Å². The van der Waals surface area contributed by atoms with Gasteiger partial charge in [-0.15, -0.1) is 4.91 Å². The minimum absolute atomic E-state index is 0.107. The number of nitroso groups, excluding NO2 is 1. The third-order valence-electron chi connectivity index (χ3n) is 3.85. The van der Waals surface area contributed by atoms with Gasteiger partial charge in [0.25, 0.3) is 0 Å². The second kappa shape index (κ2) is 15.5. The number of rotatable bonds is 15. The van der Waals surface area contributed by atoms with Crippen LogP contribution in [-0.4, -0.2) is 17.5 Å². The highest BCUT2D eigenvalue weighted by Gasteiger charge is 2.12. The molecule has 0 aromatic rings. The van der Waals surface area contributed by atoms with Crippen LogP contribution in [0.3, 0.4) is 0 Å². The third kappa shape index (κ3) is 12.5. The van der Waals surface area contributed by atoms with Crippen LogP contribution in [-0.2, 0) is 4.79 Å². The van der Waals surface area contributed by atoms with Crippen LogP contribution < -0.4 is 0 Å². The molecule has 21 heavy (non-hydrogen) atoms. The average Bonchev–Trinajstić information content (AvgIpc) is 2.50. The second-order valence-electron chi connectivity index (χ2n) is 5.88. The highest BCUT2D eigenvalue weighted by Crippen LogP contribution is 2.11. The number of carbonyl (C=O) groups is 1. The second-order valence-corrected chi connectivity index (χ2v) is 5.88. The molecule has 0 saturated carbocycles. The van der Waals surface area contributed by atoms with Crippen LogP contribution >= 0.6 is 0 Å². The first kappa shape index (κ1) is 20.1. The number of amides is 1. The van der Waals surface area contributed by atoms with Gasteiger partial charge in [0.1, 0.15) is 0 Å². The van der Waals surface area contributed by atoms with E-state index in [1.165, 1.54) is 44.9 Å². The summed E-state index contributed by atoms with van der Waals surface area (Å²) >= 11 is 0. The summed E-state index contributed by atoms with van der Waals surface area (Å²) in [5.74, 6) is -0.107. The lowest BCUT2D eigenvalue weighted by Gasteiger charge is -2.12. The molecule has 0 aromatic heterocycles. The highest BCUT2D eigenvalue weighted by molar-refractivity contribution is 5.75. The van der Waals surface area contributed by atoms with Crippen LogP contribution in [0.2, 0.25) is 0 Å². The molecule has 0 heterocycles. The predicted molar refractivity (Wildman–Crippen MR) is 88.9 cm³/mol. The number of hydrogen-bond acceptors (Lipinski definition) is 3. The Morgan fingerprint density at radius 1 is 0.762 bits per heavy atom. The Balaban J connectivity index is 3.48. The Bertz CT molecular complexity index is 257. The first-order valence-corrected chi connectivity index (χ1v) is 8.89. The van der Waals surface area contributed by atoms with Gasteiger partial charge in [0.05, 0.1) is 5.29 Å². The summed E-state index contributed by atoms with van der Waals surface area (Å²) in [6, 6.07) is 0. The Morgan fingerprint density at radius 3 is 1.76 bits per heavy atom. The fraction of sp³-hybridized carbons (Fsp3) is 0.941. The molecule has 0 aliphatic rings. The van der Waals surface area contributed by atoms with Crippen LogP contribution in [0.5, 0.6) is 0 Å². The fourth-order valence-corrected chi connectivity index (χ4v) is 2.44. The van der Waals surface area contributed by atoms with E-state index in [0.29, 0.717) is 13.0 Å². The molecule has 1 amide bonds. The largest absolute Gasteiger partial charge is 0.273 e. The van der Waals surface area contributed by atoms with Crippen molar-refractivity contribution in [2.45, 2.75) is 97.3 Å². The maximum absolute atomic E-state index is 11.8. The van der Waals surface area contributed by atoms with E-state index in [9.17, 15) is 9.70 Å². The lowest BCUT2D eigenvalue weighted by molar-refractivity contribution is -0.131. The minimum Gasteiger partial charge on any atom is -0.273 e. The molecular formula is C17H34N2O2. The van der Waals surface area contributed by atoms with Gasteiger partial charge in [0.15, 0.2) is 0 Å². The van der Waals surface area contributed by atoms with Crippen molar-refractivity contribution >= 4 is 5.91 Å². The summed E-state index contributed by atoms with van der Waals surface area (Å²) < 4.78 is 0. The van der Waals surface area contributed by atoms with E-state index >= 15 is 0 Å². The Labute approximate surface area is 130 Å². The van der Waals surface area contributed by atoms with Crippen molar-refractivity contribution in [1.29, 1.82) is 0 Å². The van der Waals surface area contributed by atoms with Gasteiger partial charge in [-0.2, -0.15) is 5.01 Å². The highest BCUT2D eigenvalue weighted by atomic mass is 16.3. The first-order valence-electron chi connectivity index (χ1n) is 8.89. The lowest BCUT2D eigenvalue weighted by Crippen LogP contribution is -2.26. The molecule has 4 heteroatoms. The first-order chi connectivity index (χ1) is 10.3. The third-order valence-corrected chi connectivity index (χ3v) is 3.85. The van der Waals surface area contributed by atoms with Crippen molar-refractivity contribution < 1.29 is 4.79 Å². The smallest absolute Gasteiger partial charge is 0.245 e. The van der Waals surface area contributed by atoms with E-state index in [0.717, 1.165) is 37.1 Å². The van der Waals surface area contributed by atoms with Crippen molar-refractivity contribution in [3.8, 4) is 0 Å². The van der Waals surface area contributed by atoms with Crippen molar-refractivity contribution in [2.24, 2.45) is 5.29 Å². The number of hydrogen-bond donors (Lipinski definition) is 0. The Kier molecular flexibility index (Phi) is 14.8. The molecular weight excluding hydrogens is 264 g/mol. The summed E-state index contributed by atoms with van der Waals surface area (Å²) in [7, 11) is 0. The van der Waals surface area contributed by atoms with E-state index in [1.807, 2.05) is 0 Å². The number of unbranched alkanes of at least 4 members (excludes halogenated alkanes) is 10. The quantitative estimate of drug-likeness (QED) is 0.224. The summed E-state index contributed by atoms with van der Waals surface area (Å²) in [6.07, 6.45) is 14.5. The maximum atomic E-state index is 11.8. The zero-order valence-corrected chi connectivity index (χ0v) is 14.1. The molecule has 0 unspecified atom stereocenters. The van der Waals surface area contributed by atoms with Gasteiger partial charge in [0, 0.05) is 13.0 Å². The monoisotopic (exact) mass is 298 g/mol. The summed E-state index contributed by atoms with van der Waals surface area (Å²) in [5, 5.41) is 3.96. The van der Waals surface area contributed by atoms with E-state index < -0.39 is 0 Å². The molecule has 0 rings (SSSR count). The van der Waals surface area contributed by atoms with Crippen LogP contribution in [0, 0.1) is 4.91 Å². The van der Waals surface area contributed by atoms with E-state index in [2.05, 4.69) is 19.1 Å². The lowest BCUT2D eigenvalue weighted by atomic mass is 10.1. The fourth-order valence-electron chi connectivity index (χ4n) is 2.44. The maximum Gasteiger partial charge on any atom is 0.245 e. The normalized spacial score (nSPS) is 10.6. The zero-order valence-electron chi connectivity index (χ0n) is 14.1. The van der Waals surface area contributed by atoms with E-state index in [1.54, 1.807) is 0 Å². The van der Waals surface area contributed by atoms with Crippen LogP contribution in [0.25, 0.3) is 0 Å². The van der Waals surface area contributed by atoms with Crippen molar-refractivity contribution in [2.75, 3.05) is 6.54 Å². The molecule has 0 aromatic carbocycles. The van der Waals surface area contributed by atoms with Crippen molar-refractivity contribution in [3.05, 3.63) is 4.91 Å². The summed E-state index contributed by atoms with van der Waals surface area (Å²) in [5.41, 5.74) is 0. The summed E-state index contributed by atoms with van der Waals surface area (Å²) in [6.45, 7) is 4.81. The molecule has 0 bridgehead atoms. The SMILES string of the molecule is CCCCCCCCCCCC(=O)N(CCCCC)N=O. The summed E-state index contributed by atoms with van der Waals surface area (Å²) in [4.78, 5) is 22.5. The van der Waals surface area contributed by atoms with Gasteiger partial charge >= 0.3 is 0 Å². The predicted octanol–water partition coefficient (Wildman–Crippen LogP) is 5.61. The van der Waals surface area contributed by atoms with Crippen molar-refractivity contribution in [3.63, 3.8) is 0 Å². The molecule has 0 aliphatic carbocycles. The van der Waals surface area contributed by atoms with E-state index in [-0.39, 0.29) is 5.91 Å². The molecule has 0 radical (unpaired) electrons. The molecule has 4 nitrogen and oxygen atoms in total. The van der Waals surface area contributed by atoms with Gasteiger partial charge < -0.3 is 0 Å². The average molecular weight is 298 g/mol. The van der Waals surface area contributed by atoms with Gasteiger partial charge in [0.2, 0.25) is 5.91 Å². The molecule has 0 aliphatic heterocycles. The van der Waals surface area contributed by atoms with Crippen LogP contribution in [0.4, 0.5) is 0 Å². The van der Waals surface area contributed by atoms with Crippen LogP contribution in [0.1, 0.15) is 97.3 Å². The van der Waals surface area contributed by atoms with E-state index in [4.69, 9.17) is 0 Å². The Morgan fingerprint density at radius 2 is 1.24 bits per heavy atom. The molecule has 0 spiro atoms. The molecule has 0 saturated heterocycles. The zero-order chi connectivity index (χ0) is 15.8. The number of carbonyl (C=O) groups excluding carboxylic acids is 1. The molecule has 124 valence electrons. The van der Waals surface area contributed by atoms with Gasteiger partial charge in [-0.3, -0.25) is 4.79 Å². The van der Waals surface area contributed by atoms with Gasteiger partial charge in [-0.1, -0.05) is 78.1 Å². The minimum atomic E-state index is -0.107. The Hall–Kier alpha value is -0.930. The van der Waals surface area contributed by atoms with Crippen molar-refractivity contribution in [1.82, 2.24) is 5.01 Å². The standard InChI is InChI=1S/C17H34N2O2/c1-3-5-7-8-9-10-11-12-13-15-17(20)19(18-21)16-14-6-4-2/h3-16H2,1-2H3. The molecule has 0 fully saturated rings. The molecule has 0 N–H and O–H groups in total. The van der Waals surface area contributed by atoms with Gasteiger partial charge in [-0.25, -0.2) is 0 Å². The van der Waals surface area contributed by atoms with Crippen LogP contribution in [0.15, 0.2) is 5.29 Å². The number of nitrogens with zero attached hydrogens (tertiary/aromatic N) is 2.